The van der Waals surface area contributed by atoms with Crippen LogP contribution in [0.4, 0.5) is 9.59 Å². The molecule has 0 bridgehead atoms. The molecule has 2 saturated heterocycles. The first kappa shape index (κ1) is 43.1. The van der Waals surface area contributed by atoms with Crippen molar-refractivity contribution in [2.75, 3.05) is 27.3 Å². The normalized spacial score (nSPS) is 16.7. The number of benzene rings is 3. The monoisotopic (exact) mass is 852 g/mol. The zero-order valence-corrected chi connectivity index (χ0v) is 35.8. The average molecular weight is 853 g/mol. The summed E-state index contributed by atoms with van der Waals surface area (Å²) in [6.45, 7) is 4.87. The van der Waals surface area contributed by atoms with E-state index in [0.717, 1.165) is 45.9 Å². The number of ether oxygens (including phenoxy) is 2. The number of hydrogen-bond acceptors (Lipinski definition) is 9. The second-order valence-corrected chi connectivity index (χ2v) is 16.3. The van der Waals surface area contributed by atoms with Crippen LogP contribution >= 0.6 is 11.8 Å². The highest BCUT2D eigenvalue weighted by Gasteiger charge is 2.38. The molecule has 7 rings (SSSR count). The Morgan fingerprint density at radius 2 is 1.37 bits per heavy atom. The molecule has 2 fully saturated rings. The molecule has 15 heteroatoms. The van der Waals surface area contributed by atoms with Crippen molar-refractivity contribution in [2.45, 2.75) is 73.5 Å². The van der Waals surface area contributed by atoms with Gasteiger partial charge in [-0.05, 0) is 79.2 Å². The van der Waals surface area contributed by atoms with E-state index >= 15 is 0 Å². The first-order valence-electron chi connectivity index (χ1n) is 20.5. The molecule has 2 aliphatic heterocycles. The summed E-state index contributed by atoms with van der Waals surface area (Å²) in [5.74, 6) is 13.0. The summed E-state index contributed by atoms with van der Waals surface area (Å²) in [6.07, 6.45) is 5.14. The highest BCUT2D eigenvalue weighted by molar-refractivity contribution is 7.99. The summed E-state index contributed by atoms with van der Waals surface area (Å²) in [5, 5.41) is 5.39. The maximum atomic E-state index is 13.9. The number of alkyl carbamates (subject to hydrolysis) is 2. The summed E-state index contributed by atoms with van der Waals surface area (Å²) in [6, 6.07) is 22.9. The smallest absolute Gasteiger partial charge is 0.407 e. The Balaban J connectivity index is 1.08. The number of aromatic nitrogens is 4. The van der Waals surface area contributed by atoms with Crippen molar-refractivity contribution in [1.29, 1.82) is 0 Å². The molecule has 2 aliphatic rings. The lowest BCUT2D eigenvalue weighted by atomic mass is 10.0. The molecule has 4 amide bonds. The third kappa shape index (κ3) is 10.1. The van der Waals surface area contributed by atoms with Crippen LogP contribution in [0.3, 0.4) is 0 Å². The number of methoxy groups -OCH3 is 2. The molecule has 4 heterocycles. The van der Waals surface area contributed by atoms with Crippen LogP contribution < -0.4 is 10.6 Å². The van der Waals surface area contributed by atoms with Crippen LogP contribution in [0.15, 0.2) is 101 Å². The fourth-order valence-electron chi connectivity index (χ4n) is 7.70. The fraction of sp³-hybridized carbons (Fsp3) is 0.319. The van der Waals surface area contributed by atoms with Gasteiger partial charge in [0.1, 0.15) is 29.4 Å². The molecule has 4 atom stereocenters. The van der Waals surface area contributed by atoms with Gasteiger partial charge >= 0.3 is 12.2 Å². The minimum absolute atomic E-state index is 0.132. The first-order valence-corrected chi connectivity index (χ1v) is 21.3. The largest absolute Gasteiger partial charge is 0.453 e. The van der Waals surface area contributed by atoms with Gasteiger partial charge in [-0.1, -0.05) is 86.1 Å². The van der Waals surface area contributed by atoms with Gasteiger partial charge in [0.15, 0.2) is 0 Å². The summed E-state index contributed by atoms with van der Waals surface area (Å²) in [4.78, 5) is 73.4. The standard InChI is InChI=1S/C47H48N8O6S/c1-30(2)40(52-46(58)60-3)44(56)54-25-14-22-38(54)43-49-29-36(51-43)33-24-23-31(39(27-33)62-35-19-9-6-10-20-35)15-11-12-18-34-28-48-42(50-34)37-21-13-26-55(37)45(57)41(53-47(59)61-4)32-16-7-5-8-17-32/h5-10,16-17,19-20,23-24,27-30,37-38,40-41H,13-14,21-22,25-26H2,1-4H3,(H,48,50)(H,49,51)(H,52,58)(H,53,59). The Labute approximate surface area is 365 Å². The number of H-pyrrole nitrogens is 2. The molecule has 0 spiro atoms. The SMILES string of the molecule is COC(=O)NC(C(=O)N1CCCC1c1ncc(C#CC#Cc2ccc(-c3cnc(C4CCCN4C(=O)C(NC(=O)OC)C(C)C)[nH]3)cc2Sc2ccccc2)[nH]1)c1ccccc1. The third-order valence-electron chi connectivity index (χ3n) is 10.8. The van der Waals surface area contributed by atoms with Gasteiger partial charge < -0.3 is 39.9 Å². The van der Waals surface area contributed by atoms with Crippen molar-refractivity contribution in [3.8, 4) is 34.9 Å². The summed E-state index contributed by atoms with van der Waals surface area (Å²) >= 11 is 1.59. The fourth-order valence-corrected chi connectivity index (χ4v) is 8.66. The third-order valence-corrected chi connectivity index (χ3v) is 11.9. The van der Waals surface area contributed by atoms with Crippen molar-refractivity contribution in [1.82, 2.24) is 40.4 Å². The Hall–Kier alpha value is -6.97. The van der Waals surface area contributed by atoms with E-state index < -0.39 is 24.3 Å². The number of imidazole rings is 2. The predicted octanol–water partition coefficient (Wildman–Crippen LogP) is 7.16. The van der Waals surface area contributed by atoms with Crippen LogP contribution in [0.1, 0.15) is 86.1 Å². The van der Waals surface area contributed by atoms with Crippen LogP contribution in [0.2, 0.25) is 0 Å². The maximum Gasteiger partial charge on any atom is 0.407 e. The zero-order chi connectivity index (χ0) is 43.6. The first-order chi connectivity index (χ1) is 30.1. The van der Waals surface area contributed by atoms with E-state index in [-0.39, 0.29) is 29.8 Å². The van der Waals surface area contributed by atoms with Gasteiger partial charge in [-0.25, -0.2) is 19.6 Å². The second kappa shape index (κ2) is 20.1. The Morgan fingerprint density at radius 1 is 0.758 bits per heavy atom. The number of carbonyl (C=O) groups is 4. The van der Waals surface area contributed by atoms with Crippen molar-refractivity contribution < 1.29 is 28.7 Å². The molecule has 4 unspecified atom stereocenters. The molecule has 0 aliphatic carbocycles. The lowest BCUT2D eigenvalue weighted by Crippen LogP contribution is -2.51. The van der Waals surface area contributed by atoms with Gasteiger partial charge in [-0.15, -0.1) is 0 Å². The van der Waals surface area contributed by atoms with Crippen molar-refractivity contribution in [3.63, 3.8) is 0 Å². The molecule has 4 N–H and O–H groups in total. The van der Waals surface area contributed by atoms with Gasteiger partial charge in [-0.3, -0.25) is 9.59 Å². The van der Waals surface area contributed by atoms with E-state index in [1.165, 1.54) is 14.2 Å². The molecule has 14 nitrogen and oxygen atoms in total. The molecule has 0 saturated carbocycles. The molecule has 318 valence electrons. The van der Waals surface area contributed by atoms with Gasteiger partial charge in [-0.2, -0.15) is 0 Å². The Kier molecular flexibility index (Phi) is 14.0. The quantitative estimate of drug-likeness (QED) is 0.101. The number of carbonyl (C=O) groups excluding carboxylic acids is 4. The summed E-state index contributed by atoms with van der Waals surface area (Å²) in [7, 11) is 2.55. The number of hydrogen-bond donors (Lipinski definition) is 4. The molecule has 3 aromatic carbocycles. The number of likely N-dealkylation sites (tertiary alicyclic amines) is 2. The van der Waals surface area contributed by atoms with E-state index in [1.807, 2.05) is 74.5 Å². The molecule has 5 aromatic rings. The average Bonchev–Trinajstić information content (AvgIpc) is 4.14. The van der Waals surface area contributed by atoms with Crippen LogP contribution in [0, 0.1) is 29.6 Å². The number of nitrogens with one attached hydrogen (secondary N) is 4. The number of amides is 4. The lowest BCUT2D eigenvalue weighted by Gasteiger charge is -2.30. The number of aromatic amines is 2. The number of rotatable bonds is 11. The minimum Gasteiger partial charge on any atom is -0.453 e. The van der Waals surface area contributed by atoms with Gasteiger partial charge in [0.25, 0.3) is 5.91 Å². The van der Waals surface area contributed by atoms with Gasteiger partial charge in [0.05, 0.1) is 44.4 Å². The van der Waals surface area contributed by atoms with Crippen LogP contribution in [-0.4, -0.2) is 87.1 Å². The van der Waals surface area contributed by atoms with E-state index in [9.17, 15) is 19.2 Å². The Morgan fingerprint density at radius 3 is 2.05 bits per heavy atom. The summed E-state index contributed by atoms with van der Waals surface area (Å²) in [5.41, 5.74) is 3.72. The zero-order valence-electron chi connectivity index (χ0n) is 34.9. The van der Waals surface area contributed by atoms with Gasteiger partial charge in [0.2, 0.25) is 5.91 Å². The van der Waals surface area contributed by atoms with E-state index in [1.54, 1.807) is 46.1 Å². The second-order valence-electron chi connectivity index (χ2n) is 15.2. The van der Waals surface area contributed by atoms with Crippen LogP contribution in [0.25, 0.3) is 11.3 Å². The van der Waals surface area contributed by atoms with E-state index in [2.05, 4.69) is 55.3 Å². The lowest BCUT2D eigenvalue weighted by molar-refractivity contribution is -0.135. The molecular formula is C47H48N8O6S. The molecule has 0 radical (unpaired) electrons. The topological polar surface area (TPSA) is 175 Å². The Bertz CT molecular complexity index is 2520. The van der Waals surface area contributed by atoms with Crippen LogP contribution in [0.5, 0.6) is 0 Å². The molecular weight excluding hydrogens is 805 g/mol. The van der Waals surface area contributed by atoms with Crippen molar-refractivity contribution in [3.05, 3.63) is 120 Å². The van der Waals surface area contributed by atoms with Crippen LogP contribution in [-0.2, 0) is 19.1 Å². The van der Waals surface area contributed by atoms with E-state index in [0.29, 0.717) is 42.4 Å². The van der Waals surface area contributed by atoms with Crippen molar-refractivity contribution in [2.24, 2.45) is 5.92 Å². The minimum atomic E-state index is -0.910. The highest BCUT2D eigenvalue weighted by atomic mass is 32.2. The predicted molar refractivity (Wildman–Crippen MR) is 233 cm³/mol. The molecule has 62 heavy (non-hydrogen) atoms. The number of nitrogens with zero attached hydrogens (tertiary/aromatic N) is 4. The van der Waals surface area contributed by atoms with Crippen molar-refractivity contribution >= 4 is 35.8 Å². The molecule has 2 aromatic heterocycles. The van der Waals surface area contributed by atoms with E-state index in [4.69, 9.17) is 14.5 Å². The summed E-state index contributed by atoms with van der Waals surface area (Å²) < 4.78 is 9.60. The maximum absolute atomic E-state index is 13.9. The van der Waals surface area contributed by atoms with Gasteiger partial charge in [0, 0.05) is 34.0 Å². The highest BCUT2D eigenvalue weighted by Crippen LogP contribution is 2.36.